The van der Waals surface area contributed by atoms with E-state index in [1.165, 1.54) is 17.5 Å². The van der Waals surface area contributed by atoms with E-state index in [0.717, 1.165) is 51.6 Å². The van der Waals surface area contributed by atoms with Crippen LogP contribution in [0.4, 0.5) is 0 Å². The fraction of sp³-hybridized carbons (Fsp3) is 0.667. The van der Waals surface area contributed by atoms with Crippen molar-refractivity contribution in [2.24, 2.45) is 10.9 Å². The van der Waals surface area contributed by atoms with E-state index in [1.807, 2.05) is 0 Å². The first-order chi connectivity index (χ1) is 12.1. The Kier molecular flexibility index (Phi) is 11.2. The van der Waals surface area contributed by atoms with Crippen molar-refractivity contribution in [1.29, 1.82) is 0 Å². The molecule has 0 bridgehead atoms. The van der Waals surface area contributed by atoms with Crippen LogP contribution in [-0.4, -0.2) is 50.8 Å². The third kappa shape index (κ3) is 7.43. The van der Waals surface area contributed by atoms with E-state index in [9.17, 15) is 0 Å². The Bertz CT molecular complexity index is 531. The highest BCUT2D eigenvalue weighted by Crippen LogP contribution is 2.17. The van der Waals surface area contributed by atoms with Gasteiger partial charge in [-0.3, -0.25) is 4.99 Å². The van der Waals surface area contributed by atoms with Crippen molar-refractivity contribution in [3.8, 4) is 0 Å². The molecule has 1 heterocycles. The first-order valence-corrected chi connectivity index (χ1v) is 9.75. The number of benzene rings is 1. The van der Waals surface area contributed by atoms with Gasteiger partial charge in [-0.25, -0.2) is 0 Å². The molecule has 1 saturated heterocycles. The molecule has 1 fully saturated rings. The summed E-state index contributed by atoms with van der Waals surface area (Å²) in [5.41, 5.74) is 2.82. The fourth-order valence-electron chi connectivity index (χ4n) is 3.36. The van der Waals surface area contributed by atoms with E-state index in [2.05, 4.69) is 55.3 Å². The van der Waals surface area contributed by atoms with Gasteiger partial charge in [-0.2, -0.15) is 0 Å². The smallest absolute Gasteiger partial charge is 0.193 e. The summed E-state index contributed by atoms with van der Waals surface area (Å²) < 4.78 is 5.30. The predicted molar refractivity (Wildman–Crippen MR) is 122 cm³/mol. The van der Waals surface area contributed by atoms with Gasteiger partial charge in [0.15, 0.2) is 5.96 Å². The topological polar surface area (TPSA) is 36.9 Å². The molecule has 1 aliphatic heterocycles. The Labute approximate surface area is 176 Å². The minimum absolute atomic E-state index is 0. The van der Waals surface area contributed by atoms with Crippen molar-refractivity contribution < 1.29 is 4.74 Å². The Morgan fingerprint density at radius 1 is 1.31 bits per heavy atom. The molecule has 5 heteroatoms. The third-order valence-corrected chi connectivity index (χ3v) is 4.85. The molecule has 0 saturated carbocycles. The van der Waals surface area contributed by atoms with Crippen molar-refractivity contribution in [3.63, 3.8) is 0 Å². The number of ether oxygens (including phenoxy) is 1. The standard InChI is InChI=1S/C21H35N3O.HI/c1-5-22-21(24-14-12-19(15-24)16-25-4)23-13-6-7-18-8-10-20(11-9-18)17(2)3;/h8-11,17,19H,5-7,12-16H2,1-4H3,(H,22,23);1H. The summed E-state index contributed by atoms with van der Waals surface area (Å²) in [5.74, 6) is 2.30. The van der Waals surface area contributed by atoms with Crippen LogP contribution in [0.5, 0.6) is 0 Å². The van der Waals surface area contributed by atoms with E-state index in [0.29, 0.717) is 11.8 Å². The second-order valence-electron chi connectivity index (χ2n) is 7.29. The Hall–Kier alpha value is -0.820. The molecule has 1 N–H and O–H groups in total. The maximum Gasteiger partial charge on any atom is 0.193 e. The number of halogens is 1. The zero-order valence-electron chi connectivity index (χ0n) is 16.8. The SMILES string of the molecule is CCNC(=NCCCc1ccc(C(C)C)cc1)N1CCC(COC)C1.I. The summed E-state index contributed by atoms with van der Waals surface area (Å²) in [4.78, 5) is 7.22. The molecular weight excluding hydrogens is 437 g/mol. The largest absolute Gasteiger partial charge is 0.384 e. The van der Waals surface area contributed by atoms with Crippen molar-refractivity contribution >= 4 is 29.9 Å². The van der Waals surface area contributed by atoms with Gasteiger partial charge in [-0.05, 0) is 43.2 Å². The Morgan fingerprint density at radius 3 is 2.65 bits per heavy atom. The molecule has 1 aliphatic rings. The third-order valence-electron chi connectivity index (χ3n) is 4.85. The number of methoxy groups -OCH3 is 1. The maximum atomic E-state index is 5.30. The quantitative estimate of drug-likeness (QED) is 0.265. The van der Waals surface area contributed by atoms with E-state index < -0.39 is 0 Å². The number of rotatable bonds is 8. The number of aryl methyl sites for hydroxylation is 1. The maximum absolute atomic E-state index is 5.30. The lowest BCUT2D eigenvalue weighted by Crippen LogP contribution is -2.40. The molecule has 2 rings (SSSR count). The number of likely N-dealkylation sites (tertiary alicyclic amines) is 1. The monoisotopic (exact) mass is 473 g/mol. The molecule has 148 valence electrons. The van der Waals surface area contributed by atoms with Crippen molar-refractivity contribution in [1.82, 2.24) is 10.2 Å². The van der Waals surface area contributed by atoms with Crippen molar-refractivity contribution in [2.75, 3.05) is 39.9 Å². The van der Waals surface area contributed by atoms with E-state index in [4.69, 9.17) is 9.73 Å². The lowest BCUT2D eigenvalue weighted by Gasteiger charge is -2.21. The first kappa shape index (κ1) is 23.2. The minimum atomic E-state index is 0. The number of nitrogens with one attached hydrogen (secondary N) is 1. The summed E-state index contributed by atoms with van der Waals surface area (Å²) in [6, 6.07) is 9.04. The van der Waals surface area contributed by atoms with Gasteiger partial charge >= 0.3 is 0 Å². The number of hydrogen-bond donors (Lipinski definition) is 1. The number of aliphatic imine (C=N–C) groups is 1. The molecule has 1 aromatic rings. The lowest BCUT2D eigenvalue weighted by molar-refractivity contribution is 0.157. The highest BCUT2D eigenvalue weighted by Gasteiger charge is 2.24. The summed E-state index contributed by atoms with van der Waals surface area (Å²) >= 11 is 0. The first-order valence-electron chi connectivity index (χ1n) is 9.75. The second kappa shape index (κ2) is 12.5. The summed E-state index contributed by atoms with van der Waals surface area (Å²) in [6.07, 6.45) is 3.37. The molecule has 1 aromatic carbocycles. The molecule has 1 unspecified atom stereocenters. The van der Waals surface area contributed by atoms with Crippen LogP contribution < -0.4 is 5.32 Å². The van der Waals surface area contributed by atoms with Gasteiger partial charge in [0.25, 0.3) is 0 Å². The van der Waals surface area contributed by atoms with Crippen LogP contribution in [0.3, 0.4) is 0 Å². The molecular formula is C21H36IN3O. The second-order valence-corrected chi connectivity index (χ2v) is 7.29. The zero-order valence-corrected chi connectivity index (χ0v) is 19.2. The van der Waals surface area contributed by atoms with Gasteiger partial charge in [0.2, 0.25) is 0 Å². The molecule has 0 aromatic heterocycles. The highest BCUT2D eigenvalue weighted by molar-refractivity contribution is 14.0. The molecule has 0 amide bonds. The summed E-state index contributed by atoms with van der Waals surface area (Å²) in [6.45, 7) is 11.4. The predicted octanol–water partition coefficient (Wildman–Crippen LogP) is 4.29. The van der Waals surface area contributed by atoms with Crippen molar-refractivity contribution in [3.05, 3.63) is 35.4 Å². The van der Waals surface area contributed by atoms with Gasteiger partial charge in [0.1, 0.15) is 0 Å². The lowest BCUT2D eigenvalue weighted by atomic mass is 10.0. The van der Waals surface area contributed by atoms with Gasteiger partial charge < -0.3 is 15.0 Å². The van der Waals surface area contributed by atoms with Crippen LogP contribution in [0.15, 0.2) is 29.3 Å². The van der Waals surface area contributed by atoms with Crippen LogP contribution in [0, 0.1) is 5.92 Å². The van der Waals surface area contributed by atoms with Crippen LogP contribution in [0.25, 0.3) is 0 Å². The fourth-order valence-corrected chi connectivity index (χ4v) is 3.36. The highest BCUT2D eigenvalue weighted by atomic mass is 127. The average molecular weight is 473 g/mol. The van der Waals surface area contributed by atoms with Crippen LogP contribution >= 0.6 is 24.0 Å². The number of nitrogens with zero attached hydrogens (tertiary/aromatic N) is 2. The van der Waals surface area contributed by atoms with Gasteiger partial charge in [-0.15, -0.1) is 24.0 Å². The molecule has 26 heavy (non-hydrogen) atoms. The van der Waals surface area contributed by atoms with Crippen LogP contribution in [0.1, 0.15) is 50.7 Å². The van der Waals surface area contributed by atoms with Crippen LogP contribution in [0.2, 0.25) is 0 Å². The van der Waals surface area contributed by atoms with E-state index in [-0.39, 0.29) is 24.0 Å². The Balaban J connectivity index is 0.00000338. The molecule has 0 radical (unpaired) electrons. The molecule has 4 nitrogen and oxygen atoms in total. The number of guanidine groups is 1. The van der Waals surface area contributed by atoms with E-state index in [1.54, 1.807) is 7.11 Å². The zero-order chi connectivity index (χ0) is 18.1. The minimum Gasteiger partial charge on any atom is -0.384 e. The molecule has 0 spiro atoms. The van der Waals surface area contributed by atoms with Gasteiger partial charge in [0.05, 0.1) is 6.61 Å². The van der Waals surface area contributed by atoms with Crippen LogP contribution in [-0.2, 0) is 11.2 Å². The van der Waals surface area contributed by atoms with E-state index >= 15 is 0 Å². The van der Waals surface area contributed by atoms with Gasteiger partial charge in [0, 0.05) is 39.2 Å². The average Bonchev–Trinajstić information content (AvgIpc) is 3.07. The molecule has 0 aliphatic carbocycles. The Morgan fingerprint density at radius 2 is 2.04 bits per heavy atom. The normalized spacial score (nSPS) is 17.5. The van der Waals surface area contributed by atoms with Gasteiger partial charge in [-0.1, -0.05) is 38.1 Å². The summed E-state index contributed by atoms with van der Waals surface area (Å²) in [7, 11) is 1.79. The number of hydrogen-bond acceptors (Lipinski definition) is 2. The summed E-state index contributed by atoms with van der Waals surface area (Å²) in [5, 5.41) is 3.44. The molecule has 1 atom stereocenters. The van der Waals surface area contributed by atoms with Crippen molar-refractivity contribution in [2.45, 2.75) is 46.0 Å².